The molecule has 2 aromatic carbocycles. The van der Waals surface area contributed by atoms with Crippen molar-refractivity contribution in [3.63, 3.8) is 0 Å². The molecule has 2 aromatic rings. The SMILES string of the molecule is O=C(COc1ccccc1C(F)(F)F)N1CCN(c2cccc(Cl)c2)CC1. The Morgan fingerprint density at radius 3 is 2.41 bits per heavy atom. The van der Waals surface area contributed by atoms with E-state index in [-0.39, 0.29) is 11.7 Å². The van der Waals surface area contributed by atoms with E-state index in [0.717, 1.165) is 11.8 Å². The van der Waals surface area contributed by atoms with Crippen LogP contribution in [0.4, 0.5) is 18.9 Å². The zero-order chi connectivity index (χ0) is 19.4. The van der Waals surface area contributed by atoms with E-state index < -0.39 is 18.3 Å². The molecule has 0 atom stereocenters. The lowest BCUT2D eigenvalue weighted by Crippen LogP contribution is -2.50. The van der Waals surface area contributed by atoms with Crippen molar-refractivity contribution in [1.29, 1.82) is 0 Å². The van der Waals surface area contributed by atoms with E-state index in [2.05, 4.69) is 4.90 Å². The van der Waals surface area contributed by atoms with Gasteiger partial charge in [-0.1, -0.05) is 29.8 Å². The summed E-state index contributed by atoms with van der Waals surface area (Å²) in [6, 6.07) is 12.3. The monoisotopic (exact) mass is 398 g/mol. The quantitative estimate of drug-likeness (QED) is 0.777. The minimum Gasteiger partial charge on any atom is -0.483 e. The van der Waals surface area contributed by atoms with Gasteiger partial charge in [0.25, 0.3) is 5.91 Å². The largest absolute Gasteiger partial charge is 0.483 e. The van der Waals surface area contributed by atoms with Crippen LogP contribution in [0.1, 0.15) is 5.56 Å². The summed E-state index contributed by atoms with van der Waals surface area (Å²) in [6.45, 7) is 1.74. The van der Waals surface area contributed by atoms with Crippen LogP contribution >= 0.6 is 11.6 Å². The topological polar surface area (TPSA) is 32.8 Å². The van der Waals surface area contributed by atoms with Crippen molar-refractivity contribution in [2.45, 2.75) is 6.18 Å². The van der Waals surface area contributed by atoms with Gasteiger partial charge in [0.05, 0.1) is 5.56 Å². The van der Waals surface area contributed by atoms with Crippen LogP contribution in [-0.4, -0.2) is 43.6 Å². The molecule has 0 saturated carbocycles. The first kappa shape index (κ1) is 19.4. The molecule has 27 heavy (non-hydrogen) atoms. The van der Waals surface area contributed by atoms with Gasteiger partial charge in [-0.3, -0.25) is 4.79 Å². The Morgan fingerprint density at radius 1 is 1.04 bits per heavy atom. The molecule has 1 saturated heterocycles. The highest BCUT2D eigenvalue weighted by molar-refractivity contribution is 6.30. The number of nitrogens with zero attached hydrogens (tertiary/aromatic N) is 2. The zero-order valence-corrected chi connectivity index (χ0v) is 15.1. The molecule has 4 nitrogen and oxygen atoms in total. The number of amides is 1. The third kappa shape index (κ3) is 4.86. The van der Waals surface area contributed by atoms with Crippen LogP contribution in [0.25, 0.3) is 0 Å². The Labute approximate surface area is 160 Å². The second kappa shape index (κ2) is 8.08. The number of piperazine rings is 1. The van der Waals surface area contributed by atoms with Gasteiger partial charge >= 0.3 is 6.18 Å². The number of benzene rings is 2. The molecular formula is C19H18ClF3N2O2. The molecule has 1 fully saturated rings. The third-order valence-corrected chi connectivity index (χ3v) is 4.58. The number of rotatable bonds is 4. The van der Waals surface area contributed by atoms with Crippen LogP contribution in [0.2, 0.25) is 5.02 Å². The average Bonchev–Trinajstić information content (AvgIpc) is 2.66. The first-order valence-electron chi connectivity index (χ1n) is 8.42. The standard InChI is InChI=1S/C19H18ClF3N2O2/c20-14-4-3-5-15(12-14)24-8-10-25(11-9-24)18(26)13-27-17-7-2-1-6-16(17)19(21,22)23/h1-7,12H,8-11,13H2. The molecule has 1 aliphatic rings. The van der Waals surface area contributed by atoms with Crippen molar-refractivity contribution in [3.05, 3.63) is 59.1 Å². The van der Waals surface area contributed by atoms with Gasteiger partial charge in [0.15, 0.2) is 6.61 Å². The predicted octanol–water partition coefficient (Wildman–Crippen LogP) is 4.09. The van der Waals surface area contributed by atoms with E-state index in [9.17, 15) is 18.0 Å². The normalized spacial score (nSPS) is 15.0. The van der Waals surface area contributed by atoms with E-state index in [1.165, 1.54) is 18.2 Å². The number of alkyl halides is 3. The summed E-state index contributed by atoms with van der Waals surface area (Å²) in [4.78, 5) is 16.0. The smallest absolute Gasteiger partial charge is 0.419 e. The molecule has 8 heteroatoms. The highest BCUT2D eigenvalue weighted by Gasteiger charge is 2.34. The lowest BCUT2D eigenvalue weighted by Gasteiger charge is -2.36. The minimum absolute atomic E-state index is 0.335. The second-order valence-corrected chi connectivity index (χ2v) is 6.57. The molecule has 1 amide bonds. The van der Waals surface area contributed by atoms with Crippen molar-refractivity contribution < 1.29 is 22.7 Å². The molecule has 1 heterocycles. The number of anilines is 1. The number of ether oxygens (including phenoxy) is 1. The van der Waals surface area contributed by atoms with Crippen molar-refractivity contribution in [2.75, 3.05) is 37.7 Å². The van der Waals surface area contributed by atoms with Gasteiger partial charge in [-0.15, -0.1) is 0 Å². The summed E-state index contributed by atoms with van der Waals surface area (Å²) < 4.78 is 44.1. The summed E-state index contributed by atoms with van der Waals surface area (Å²) in [6.07, 6.45) is -4.53. The Morgan fingerprint density at radius 2 is 1.74 bits per heavy atom. The Balaban J connectivity index is 1.55. The molecule has 0 bridgehead atoms. The summed E-state index contributed by atoms with van der Waals surface area (Å²) in [7, 11) is 0. The van der Waals surface area contributed by atoms with Crippen LogP contribution in [0.5, 0.6) is 5.75 Å². The maximum atomic E-state index is 13.0. The van der Waals surface area contributed by atoms with Gasteiger partial charge in [0, 0.05) is 36.9 Å². The van der Waals surface area contributed by atoms with Gasteiger partial charge in [0.2, 0.25) is 0 Å². The lowest BCUT2D eigenvalue weighted by molar-refractivity contribution is -0.141. The zero-order valence-electron chi connectivity index (χ0n) is 14.4. The molecule has 0 radical (unpaired) electrons. The summed E-state index contributed by atoms with van der Waals surface area (Å²) in [5.41, 5.74) is 0.0912. The molecule has 3 rings (SSSR count). The van der Waals surface area contributed by atoms with Crippen LogP contribution < -0.4 is 9.64 Å². The molecule has 0 spiro atoms. The molecule has 0 aliphatic carbocycles. The van der Waals surface area contributed by atoms with Crippen LogP contribution in [0.15, 0.2) is 48.5 Å². The number of carbonyl (C=O) groups excluding carboxylic acids is 1. The minimum atomic E-state index is -4.53. The first-order chi connectivity index (χ1) is 12.8. The van der Waals surface area contributed by atoms with Gasteiger partial charge in [-0.2, -0.15) is 13.2 Å². The van der Waals surface area contributed by atoms with E-state index in [1.54, 1.807) is 11.0 Å². The summed E-state index contributed by atoms with van der Waals surface area (Å²) >= 11 is 6.00. The van der Waals surface area contributed by atoms with Crippen LogP contribution in [-0.2, 0) is 11.0 Å². The molecular weight excluding hydrogens is 381 g/mol. The molecule has 0 N–H and O–H groups in total. The second-order valence-electron chi connectivity index (χ2n) is 6.13. The molecule has 0 unspecified atom stereocenters. The molecule has 0 aromatic heterocycles. The first-order valence-corrected chi connectivity index (χ1v) is 8.80. The fraction of sp³-hybridized carbons (Fsp3) is 0.316. The van der Waals surface area contributed by atoms with Gasteiger partial charge in [-0.05, 0) is 30.3 Å². The Hall–Kier alpha value is -2.41. The maximum Gasteiger partial charge on any atom is 0.419 e. The predicted molar refractivity (Wildman–Crippen MR) is 97.2 cm³/mol. The number of para-hydroxylation sites is 1. The average molecular weight is 399 g/mol. The summed E-state index contributed by atoms with van der Waals surface area (Å²) in [5, 5.41) is 0.641. The number of halogens is 4. The number of hydrogen-bond acceptors (Lipinski definition) is 3. The molecule has 144 valence electrons. The Kier molecular flexibility index (Phi) is 5.79. The Bertz CT molecular complexity index is 806. The van der Waals surface area contributed by atoms with Crippen molar-refractivity contribution in [1.82, 2.24) is 4.90 Å². The van der Waals surface area contributed by atoms with Crippen molar-refractivity contribution in [2.24, 2.45) is 0 Å². The van der Waals surface area contributed by atoms with Gasteiger partial charge < -0.3 is 14.5 Å². The van der Waals surface area contributed by atoms with Gasteiger partial charge in [0.1, 0.15) is 5.75 Å². The maximum absolute atomic E-state index is 13.0. The van der Waals surface area contributed by atoms with Crippen molar-refractivity contribution in [3.8, 4) is 5.75 Å². The summed E-state index contributed by atoms with van der Waals surface area (Å²) in [5.74, 6) is -0.673. The van der Waals surface area contributed by atoms with E-state index in [1.807, 2.05) is 18.2 Å². The number of carbonyl (C=O) groups is 1. The fourth-order valence-corrected chi connectivity index (χ4v) is 3.13. The highest BCUT2D eigenvalue weighted by atomic mass is 35.5. The van der Waals surface area contributed by atoms with E-state index >= 15 is 0 Å². The van der Waals surface area contributed by atoms with E-state index in [4.69, 9.17) is 16.3 Å². The van der Waals surface area contributed by atoms with Crippen LogP contribution in [0.3, 0.4) is 0 Å². The fourth-order valence-electron chi connectivity index (χ4n) is 2.94. The number of hydrogen-bond donors (Lipinski definition) is 0. The van der Waals surface area contributed by atoms with Crippen molar-refractivity contribution >= 4 is 23.2 Å². The lowest BCUT2D eigenvalue weighted by atomic mass is 10.2. The highest BCUT2D eigenvalue weighted by Crippen LogP contribution is 2.35. The van der Waals surface area contributed by atoms with Gasteiger partial charge in [-0.25, -0.2) is 0 Å². The third-order valence-electron chi connectivity index (χ3n) is 4.35. The molecule has 1 aliphatic heterocycles. The van der Waals surface area contributed by atoms with Crippen LogP contribution in [0, 0.1) is 0 Å². The van der Waals surface area contributed by atoms with E-state index in [0.29, 0.717) is 31.2 Å².